The van der Waals surface area contributed by atoms with Crippen molar-refractivity contribution in [2.75, 3.05) is 13.2 Å². The standard InChI is InChI=1S/C14H15NO8/c1-3-21-13(17)12(14(18)22-4-2)23-11-6-5-10(15(19)20)7-9(11)8-16/h5-8,12H,3-4H2,1-2H3. The Kier molecular flexibility index (Phi) is 6.66. The first-order valence-corrected chi connectivity index (χ1v) is 6.68. The molecule has 1 rings (SSSR count). The zero-order valence-corrected chi connectivity index (χ0v) is 12.5. The van der Waals surface area contributed by atoms with Crippen molar-refractivity contribution in [2.24, 2.45) is 0 Å². The molecule has 0 bridgehead atoms. The monoisotopic (exact) mass is 325 g/mol. The van der Waals surface area contributed by atoms with Gasteiger partial charge in [0.1, 0.15) is 5.75 Å². The molecule has 0 saturated heterocycles. The molecule has 0 saturated carbocycles. The van der Waals surface area contributed by atoms with E-state index in [1.54, 1.807) is 13.8 Å². The number of aldehydes is 1. The zero-order chi connectivity index (χ0) is 17.4. The molecular formula is C14H15NO8. The Morgan fingerprint density at radius 2 is 1.78 bits per heavy atom. The molecule has 124 valence electrons. The molecular weight excluding hydrogens is 310 g/mol. The van der Waals surface area contributed by atoms with Crippen LogP contribution in [0.3, 0.4) is 0 Å². The lowest BCUT2D eigenvalue weighted by Crippen LogP contribution is -2.38. The van der Waals surface area contributed by atoms with Crippen LogP contribution in [0.5, 0.6) is 5.75 Å². The van der Waals surface area contributed by atoms with Gasteiger partial charge in [0.2, 0.25) is 0 Å². The highest BCUT2D eigenvalue weighted by molar-refractivity contribution is 5.98. The third-order valence-electron chi connectivity index (χ3n) is 2.58. The summed E-state index contributed by atoms with van der Waals surface area (Å²) in [5.41, 5.74) is -0.513. The Balaban J connectivity index is 3.11. The maximum absolute atomic E-state index is 11.8. The zero-order valence-electron chi connectivity index (χ0n) is 12.5. The van der Waals surface area contributed by atoms with Gasteiger partial charge in [-0.25, -0.2) is 9.59 Å². The first kappa shape index (κ1) is 18.1. The highest BCUT2D eigenvalue weighted by Crippen LogP contribution is 2.24. The Bertz CT molecular complexity index is 595. The minimum Gasteiger partial charge on any atom is -0.466 e. The topological polar surface area (TPSA) is 122 Å². The number of carbonyl (C=O) groups excluding carboxylic acids is 3. The first-order chi connectivity index (χ1) is 10.9. The second-order valence-corrected chi connectivity index (χ2v) is 4.10. The number of rotatable bonds is 8. The highest BCUT2D eigenvalue weighted by atomic mass is 16.6. The van der Waals surface area contributed by atoms with Crippen LogP contribution in [0.4, 0.5) is 5.69 Å². The molecule has 23 heavy (non-hydrogen) atoms. The third-order valence-corrected chi connectivity index (χ3v) is 2.58. The summed E-state index contributed by atoms with van der Waals surface area (Å²) >= 11 is 0. The molecule has 0 spiro atoms. The quantitative estimate of drug-likeness (QED) is 0.230. The summed E-state index contributed by atoms with van der Waals surface area (Å²) in [7, 11) is 0. The summed E-state index contributed by atoms with van der Waals surface area (Å²) in [6, 6.07) is 3.17. The maximum atomic E-state index is 11.8. The van der Waals surface area contributed by atoms with Gasteiger partial charge < -0.3 is 14.2 Å². The summed E-state index contributed by atoms with van der Waals surface area (Å²) in [5.74, 6) is -2.14. The van der Waals surface area contributed by atoms with Crippen LogP contribution < -0.4 is 4.74 Å². The number of ether oxygens (including phenoxy) is 3. The van der Waals surface area contributed by atoms with Crippen LogP contribution in [0, 0.1) is 10.1 Å². The minimum atomic E-state index is -1.73. The van der Waals surface area contributed by atoms with Gasteiger partial charge in [-0.05, 0) is 19.9 Å². The van der Waals surface area contributed by atoms with E-state index in [2.05, 4.69) is 0 Å². The van der Waals surface area contributed by atoms with E-state index in [9.17, 15) is 24.5 Å². The Morgan fingerprint density at radius 3 is 2.22 bits per heavy atom. The SMILES string of the molecule is CCOC(=O)C(Oc1ccc([N+](=O)[O-])cc1C=O)C(=O)OCC. The van der Waals surface area contributed by atoms with Crippen LogP contribution in [0.1, 0.15) is 24.2 Å². The fourth-order valence-corrected chi connectivity index (χ4v) is 1.60. The number of nitro benzene ring substituents is 1. The van der Waals surface area contributed by atoms with Crippen LogP contribution in [-0.4, -0.2) is 42.5 Å². The molecule has 9 heteroatoms. The minimum absolute atomic E-state index is 0.0128. The number of non-ortho nitro benzene ring substituents is 1. The van der Waals surface area contributed by atoms with E-state index in [1.807, 2.05) is 0 Å². The van der Waals surface area contributed by atoms with Crippen molar-refractivity contribution in [3.05, 3.63) is 33.9 Å². The van der Waals surface area contributed by atoms with Gasteiger partial charge in [-0.1, -0.05) is 0 Å². The van der Waals surface area contributed by atoms with Crippen LogP contribution in [-0.2, 0) is 19.1 Å². The Labute approximate surface area is 131 Å². The molecule has 0 aromatic heterocycles. The molecule has 1 aromatic rings. The smallest absolute Gasteiger partial charge is 0.359 e. The molecule has 0 fully saturated rings. The van der Waals surface area contributed by atoms with Crippen LogP contribution in [0.25, 0.3) is 0 Å². The van der Waals surface area contributed by atoms with Crippen LogP contribution >= 0.6 is 0 Å². The molecule has 1 aromatic carbocycles. The molecule has 0 aliphatic heterocycles. The second-order valence-electron chi connectivity index (χ2n) is 4.10. The van der Waals surface area contributed by atoms with E-state index in [1.165, 1.54) is 0 Å². The van der Waals surface area contributed by atoms with E-state index >= 15 is 0 Å². The molecule has 0 N–H and O–H groups in total. The van der Waals surface area contributed by atoms with E-state index < -0.39 is 23.0 Å². The van der Waals surface area contributed by atoms with Crippen molar-refractivity contribution < 1.29 is 33.5 Å². The first-order valence-electron chi connectivity index (χ1n) is 6.68. The molecule has 0 radical (unpaired) electrons. The van der Waals surface area contributed by atoms with Gasteiger partial charge in [0.05, 0.1) is 23.7 Å². The molecule has 0 atom stereocenters. The summed E-state index contributed by atoms with van der Waals surface area (Å²) in [4.78, 5) is 44.6. The van der Waals surface area contributed by atoms with Crippen molar-refractivity contribution in [1.29, 1.82) is 0 Å². The predicted octanol–water partition coefficient (Wildman–Crippen LogP) is 1.28. The van der Waals surface area contributed by atoms with Crippen molar-refractivity contribution in [2.45, 2.75) is 20.0 Å². The average molecular weight is 325 g/mol. The lowest BCUT2D eigenvalue weighted by molar-refractivity contribution is -0.384. The van der Waals surface area contributed by atoms with Crippen LogP contribution in [0.2, 0.25) is 0 Å². The number of carbonyl (C=O) groups is 3. The largest absolute Gasteiger partial charge is 0.466 e. The fraction of sp³-hybridized carbons (Fsp3) is 0.357. The molecule has 0 aliphatic rings. The number of hydrogen-bond acceptors (Lipinski definition) is 8. The average Bonchev–Trinajstić information content (AvgIpc) is 2.52. The lowest BCUT2D eigenvalue weighted by atomic mass is 10.2. The van der Waals surface area contributed by atoms with Gasteiger partial charge in [0.25, 0.3) is 11.8 Å². The summed E-state index contributed by atoms with van der Waals surface area (Å²) in [6.45, 7) is 3.11. The predicted molar refractivity (Wildman–Crippen MR) is 76.2 cm³/mol. The number of esters is 2. The summed E-state index contributed by atoms with van der Waals surface area (Å²) in [6.07, 6.45) is -1.41. The van der Waals surface area contributed by atoms with Crippen molar-refractivity contribution in [3.63, 3.8) is 0 Å². The van der Waals surface area contributed by atoms with Crippen molar-refractivity contribution >= 4 is 23.9 Å². The van der Waals surface area contributed by atoms with E-state index in [0.717, 1.165) is 18.2 Å². The van der Waals surface area contributed by atoms with Gasteiger partial charge in [0.15, 0.2) is 6.29 Å². The summed E-state index contributed by atoms with van der Waals surface area (Å²) in [5, 5.41) is 10.7. The highest BCUT2D eigenvalue weighted by Gasteiger charge is 2.32. The number of nitro groups is 1. The van der Waals surface area contributed by atoms with E-state index in [-0.39, 0.29) is 30.2 Å². The third kappa shape index (κ3) is 4.77. The molecule has 0 heterocycles. The van der Waals surface area contributed by atoms with Gasteiger partial charge in [-0.2, -0.15) is 0 Å². The summed E-state index contributed by atoms with van der Waals surface area (Å²) < 4.78 is 14.6. The molecule has 0 amide bonds. The van der Waals surface area contributed by atoms with E-state index in [0.29, 0.717) is 6.29 Å². The molecule has 0 unspecified atom stereocenters. The number of nitrogens with zero attached hydrogens (tertiary/aromatic N) is 1. The van der Waals surface area contributed by atoms with Crippen molar-refractivity contribution in [3.8, 4) is 5.75 Å². The fourth-order valence-electron chi connectivity index (χ4n) is 1.60. The number of benzene rings is 1. The lowest BCUT2D eigenvalue weighted by Gasteiger charge is -2.17. The van der Waals surface area contributed by atoms with Gasteiger partial charge in [0, 0.05) is 12.1 Å². The number of hydrogen-bond donors (Lipinski definition) is 0. The van der Waals surface area contributed by atoms with E-state index in [4.69, 9.17) is 14.2 Å². The van der Waals surface area contributed by atoms with Gasteiger partial charge in [-0.15, -0.1) is 0 Å². The molecule has 0 aliphatic carbocycles. The maximum Gasteiger partial charge on any atom is 0.359 e. The van der Waals surface area contributed by atoms with Crippen LogP contribution in [0.15, 0.2) is 18.2 Å². The van der Waals surface area contributed by atoms with Gasteiger partial charge in [-0.3, -0.25) is 14.9 Å². The Morgan fingerprint density at radius 1 is 1.22 bits per heavy atom. The Hall–Kier alpha value is -2.97. The normalized spacial score (nSPS) is 10.0. The van der Waals surface area contributed by atoms with Crippen molar-refractivity contribution in [1.82, 2.24) is 0 Å². The second kappa shape index (κ2) is 8.47. The van der Waals surface area contributed by atoms with Gasteiger partial charge >= 0.3 is 11.9 Å². The molecule has 9 nitrogen and oxygen atoms in total.